The number of hydrogen-bond donors (Lipinski definition) is 0. The third-order valence-corrected chi connectivity index (χ3v) is 2.90. The van der Waals surface area contributed by atoms with Gasteiger partial charge in [-0.05, 0) is 30.5 Å². The van der Waals surface area contributed by atoms with Crippen LogP contribution in [0.15, 0.2) is 24.3 Å². The van der Waals surface area contributed by atoms with Crippen molar-refractivity contribution in [3.8, 4) is 18.1 Å². The van der Waals surface area contributed by atoms with E-state index in [-0.39, 0.29) is 5.75 Å². The third-order valence-electron chi connectivity index (χ3n) is 2.90. The number of alkyl halides is 3. The standard InChI is InChI=1S/C14H14F3NO/c1-2-9-18(12-5-6-12)10-11-3-7-13(8-4-11)19-14(15,16)17/h1,3-4,7-8,12H,5-6,9-10H2. The predicted molar refractivity (Wildman–Crippen MR) is 65.4 cm³/mol. The largest absolute Gasteiger partial charge is 0.573 e. The summed E-state index contributed by atoms with van der Waals surface area (Å²) in [5, 5.41) is 0. The molecule has 0 spiro atoms. The maximum absolute atomic E-state index is 12.0. The van der Waals surface area contributed by atoms with Gasteiger partial charge in [-0.2, -0.15) is 0 Å². The van der Waals surface area contributed by atoms with E-state index < -0.39 is 6.36 Å². The number of hydrogen-bond acceptors (Lipinski definition) is 2. The normalized spacial score (nSPS) is 15.3. The van der Waals surface area contributed by atoms with Crippen LogP contribution in [-0.2, 0) is 6.54 Å². The van der Waals surface area contributed by atoms with Gasteiger partial charge in [-0.3, -0.25) is 4.90 Å². The van der Waals surface area contributed by atoms with Crippen LogP contribution in [0.5, 0.6) is 5.75 Å². The van der Waals surface area contributed by atoms with Crippen molar-refractivity contribution in [3.63, 3.8) is 0 Å². The molecule has 1 aliphatic rings. The average molecular weight is 269 g/mol. The van der Waals surface area contributed by atoms with Gasteiger partial charge in [0.1, 0.15) is 5.75 Å². The fourth-order valence-corrected chi connectivity index (χ4v) is 1.90. The minimum atomic E-state index is -4.65. The van der Waals surface area contributed by atoms with Crippen molar-refractivity contribution in [2.24, 2.45) is 0 Å². The highest BCUT2D eigenvalue weighted by atomic mass is 19.4. The Morgan fingerprint density at radius 1 is 1.26 bits per heavy atom. The summed E-state index contributed by atoms with van der Waals surface area (Å²) in [6.45, 7) is 1.21. The van der Waals surface area contributed by atoms with Crippen LogP contribution >= 0.6 is 0 Å². The molecule has 1 fully saturated rings. The van der Waals surface area contributed by atoms with E-state index in [0.29, 0.717) is 19.1 Å². The summed E-state index contributed by atoms with van der Waals surface area (Å²) in [6, 6.07) is 6.43. The van der Waals surface area contributed by atoms with Crippen molar-refractivity contribution >= 4 is 0 Å². The number of ether oxygens (including phenoxy) is 1. The lowest BCUT2D eigenvalue weighted by atomic mass is 10.2. The van der Waals surface area contributed by atoms with Crippen LogP contribution in [0.3, 0.4) is 0 Å². The Bertz CT molecular complexity index is 457. The average Bonchev–Trinajstić information content (AvgIpc) is 3.13. The van der Waals surface area contributed by atoms with Gasteiger partial charge in [0.2, 0.25) is 0 Å². The highest BCUT2D eigenvalue weighted by Gasteiger charge is 2.31. The van der Waals surface area contributed by atoms with E-state index in [2.05, 4.69) is 15.6 Å². The SMILES string of the molecule is C#CCN(Cc1ccc(OC(F)(F)F)cc1)C1CC1. The van der Waals surface area contributed by atoms with E-state index in [0.717, 1.165) is 18.4 Å². The Morgan fingerprint density at radius 3 is 2.37 bits per heavy atom. The third kappa shape index (κ3) is 4.49. The van der Waals surface area contributed by atoms with E-state index in [1.807, 2.05) is 0 Å². The van der Waals surface area contributed by atoms with Gasteiger partial charge < -0.3 is 4.74 Å². The molecular weight excluding hydrogens is 255 g/mol. The van der Waals surface area contributed by atoms with Gasteiger partial charge in [0, 0.05) is 12.6 Å². The van der Waals surface area contributed by atoms with Crippen LogP contribution in [-0.4, -0.2) is 23.8 Å². The lowest BCUT2D eigenvalue weighted by molar-refractivity contribution is -0.274. The van der Waals surface area contributed by atoms with Crippen LogP contribution in [0.1, 0.15) is 18.4 Å². The first-order chi connectivity index (χ1) is 8.98. The van der Waals surface area contributed by atoms with Gasteiger partial charge in [0.15, 0.2) is 0 Å². The van der Waals surface area contributed by atoms with Gasteiger partial charge in [0.05, 0.1) is 6.54 Å². The van der Waals surface area contributed by atoms with Gasteiger partial charge in [0.25, 0.3) is 0 Å². The zero-order valence-electron chi connectivity index (χ0n) is 10.3. The molecule has 102 valence electrons. The molecule has 0 amide bonds. The Hall–Kier alpha value is -1.67. The van der Waals surface area contributed by atoms with Crippen molar-refractivity contribution in [2.75, 3.05) is 6.54 Å². The van der Waals surface area contributed by atoms with E-state index in [1.165, 1.54) is 12.1 Å². The minimum absolute atomic E-state index is 0.203. The van der Waals surface area contributed by atoms with Gasteiger partial charge in [-0.25, -0.2) is 0 Å². The van der Waals surface area contributed by atoms with Crippen molar-refractivity contribution < 1.29 is 17.9 Å². The molecule has 19 heavy (non-hydrogen) atoms. The number of benzene rings is 1. The van der Waals surface area contributed by atoms with Crippen LogP contribution in [0.4, 0.5) is 13.2 Å². The molecule has 0 saturated heterocycles. The molecule has 0 heterocycles. The van der Waals surface area contributed by atoms with Crippen molar-refractivity contribution in [3.05, 3.63) is 29.8 Å². The molecule has 0 aliphatic heterocycles. The molecular formula is C14H14F3NO. The summed E-state index contributed by atoms with van der Waals surface area (Å²) in [5.41, 5.74) is 0.927. The fraction of sp³-hybridized carbons (Fsp3) is 0.429. The summed E-state index contributed by atoms with van der Waals surface area (Å²) < 4.78 is 39.9. The van der Waals surface area contributed by atoms with Gasteiger partial charge >= 0.3 is 6.36 Å². The molecule has 0 unspecified atom stereocenters. The molecule has 0 N–H and O–H groups in total. The topological polar surface area (TPSA) is 12.5 Å². The van der Waals surface area contributed by atoms with Crippen LogP contribution in [0.2, 0.25) is 0 Å². The summed E-state index contributed by atoms with van der Waals surface area (Å²) in [7, 11) is 0. The summed E-state index contributed by atoms with van der Waals surface area (Å²) in [5.74, 6) is 2.40. The predicted octanol–water partition coefficient (Wildman–Crippen LogP) is 3.18. The molecule has 0 radical (unpaired) electrons. The summed E-state index contributed by atoms with van der Waals surface area (Å²) >= 11 is 0. The number of nitrogens with zero attached hydrogens (tertiary/aromatic N) is 1. The highest BCUT2D eigenvalue weighted by molar-refractivity contribution is 5.27. The van der Waals surface area contributed by atoms with Crippen molar-refractivity contribution in [1.29, 1.82) is 0 Å². The van der Waals surface area contributed by atoms with Crippen molar-refractivity contribution in [1.82, 2.24) is 4.90 Å². The molecule has 5 heteroatoms. The summed E-state index contributed by atoms with van der Waals surface area (Å²) in [6.07, 6.45) is 2.93. The van der Waals surface area contributed by atoms with Crippen LogP contribution < -0.4 is 4.74 Å². The minimum Gasteiger partial charge on any atom is -0.406 e. The first kappa shape index (κ1) is 13.8. The maximum atomic E-state index is 12.0. The Labute approximate surface area is 110 Å². The maximum Gasteiger partial charge on any atom is 0.573 e. The quantitative estimate of drug-likeness (QED) is 0.761. The zero-order chi connectivity index (χ0) is 13.9. The second kappa shape index (κ2) is 5.54. The molecule has 1 aromatic carbocycles. The lowest BCUT2D eigenvalue weighted by Crippen LogP contribution is -2.25. The van der Waals surface area contributed by atoms with E-state index in [9.17, 15) is 13.2 Å². The van der Waals surface area contributed by atoms with Gasteiger partial charge in [-0.1, -0.05) is 18.1 Å². The first-order valence-corrected chi connectivity index (χ1v) is 6.00. The second-order valence-corrected chi connectivity index (χ2v) is 4.53. The Kier molecular flexibility index (Phi) is 4.01. The van der Waals surface area contributed by atoms with Gasteiger partial charge in [-0.15, -0.1) is 19.6 Å². The highest BCUT2D eigenvalue weighted by Crippen LogP contribution is 2.28. The number of terminal acetylenes is 1. The van der Waals surface area contributed by atoms with Crippen LogP contribution in [0, 0.1) is 12.3 Å². The van der Waals surface area contributed by atoms with E-state index >= 15 is 0 Å². The lowest BCUT2D eigenvalue weighted by Gasteiger charge is -2.19. The molecule has 0 aromatic heterocycles. The molecule has 2 nitrogen and oxygen atoms in total. The molecule has 0 atom stereocenters. The molecule has 1 aliphatic carbocycles. The second-order valence-electron chi connectivity index (χ2n) is 4.53. The number of rotatable bonds is 5. The monoisotopic (exact) mass is 269 g/mol. The zero-order valence-corrected chi connectivity index (χ0v) is 10.3. The first-order valence-electron chi connectivity index (χ1n) is 6.00. The molecule has 1 saturated carbocycles. The van der Waals surface area contributed by atoms with E-state index in [4.69, 9.17) is 6.42 Å². The smallest absolute Gasteiger partial charge is 0.406 e. The fourth-order valence-electron chi connectivity index (χ4n) is 1.90. The summed E-state index contributed by atoms with van der Waals surface area (Å²) in [4.78, 5) is 2.15. The van der Waals surface area contributed by atoms with Crippen LogP contribution in [0.25, 0.3) is 0 Å². The molecule has 1 aromatic rings. The van der Waals surface area contributed by atoms with Crippen molar-refractivity contribution in [2.45, 2.75) is 31.8 Å². The number of halogens is 3. The Balaban J connectivity index is 1.96. The molecule has 0 bridgehead atoms. The van der Waals surface area contributed by atoms with E-state index in [1.54, 1.807) is 12.1 Å². The molecule has 2 rings (SSSR count). The Morgan fingerprint density at radius 2 is 1.89 bits per heavy atom.